The maximum Gasteiger partial charge on any atom is 0.332 e. The third kappa shape index (κ3) is 3.89. The number of carbonyl (C=O) groups is 3. The van der Waals surface area contributed by atoms with Gasteiger partial charge < -0.3 is 9.80 Å². The lowest BCUT2D eigenvalue weighted by Gasteiger charge is -2.51. The largest absolute Gasteiger partial charge is 0.332 e. The first-order valence-electron chi connectivity index (χ1n) is 11.5. The zero-order chi connectivity index (χ0) is 25.4. The van der Waals surface area contributed by atoms with Crippen LogP contribution >= 0.6 is 0 Å². The Bertz CT molecular complexity index is 1410. The van der Waals surface area contributed by atoms with Crippen LogP contribution in [0.1, 0.15) is 30.0 Å². The van der Waals surface area contributed by atoms with E-state index < -0.39 is 23.3 Å². The Labute approximate surface area is 208 Å². The van der Waals surface area contributed by atoms with E-state index in [1.54, 1.807) is 44.4 Å². The zero-order valence-electron chi connectivity index (χ0n) is 19.9. The minimum Gasteiger partial charge on any atom is -0.307 e. The topological polar surface area (TPSA) is 73.8 Å². The number of aryl methyl sites for hydroxylation is 1. The molecule has 180 valence electrons. The lowest BCUT2D eigenvalue weighted by molar-refractivity contribution is -0.137. The fraction of sp³-hybridized carbons (Fsp3) is 0.214. The minimum absolute atomic E-state index is 0.112. The van der Waals surface area contributed by atoms with Gasteiger partial charge in [-0.25, -0.2) is 14.1 Å². The van der Waals surface area contributed by atoms with E-state index in [1.807, 2.05) is 30.3 Å². The van der Waals surface area contributed by atoms with Crippen LogP contribution < -0.4 is 9.80 Å². The van der Waals surface area contributed by atoms with Crippen molar-refractivity contribution in [1.82, 2.24) is 9.88 Å². The number of carbonyl (C=O) groups excluding carboxylic acids is 3. The van der Waals surface area contributed by atoms with Crippen LogP contribution in [0.2, 0.25) is 0 Å². The molecule has 1 aromatic heterocycles. The highest BCUT2D eigenvalue weighted by atomic mass is 19.1. The Morgan fingerprint density at radius 2 is 1.72 bits per heavy atom. The Kier molecular flexibility index (Phi) is 5.77. The predicted molar refractivity (Wildman–Crippen MR) is 133 cm³/mol. The van der Waals surface area contributed by atoms with E-state index in [-0.39, 0.29) is 31.1 Å². The van der Waals surface area contributed by atoms with Crippen LogP contribution in [-0.4, -0.2) is 46.4 Å². The van der Waals surface area contributed by atoms with Crippen LogP contribution in [0.25, 0.3) is 0 Å². The highest BCUT2D eigenvalue weighted by Gasteiger charge is 2.55. The molecular weight excluding hydrogens is 459 g/mol. The molecule has 1 atom stereocenters. The molecule has 2 aliphatic rings. The Morgan fingerprint density at radius 1 is 0.972 bits per heavy atom. The number of halogens is 1. The number of benzene rings is 2. The van der Waals surface area contributed by atoms with E-state index in [9.17, 15) is 14.4 Å². The van der Waals surface area contributed by atoms with E-state index in [4.69, 9.17) is 0 Å². The van der Waals surface area contributed by atoms with Gasteiger partial charge in [0.1, 0.15) is 11.4 Å². The normalized spacial score (nSPS) is 19.6. The number of piperazine rings is 1. The van der Waals surface area contributed by atoms with E-state index in [2.05, 4.69) is 16.8 Å². The first-order valence-corrected chi connectivity index (χ1v) is 11.5. The fourth-order valence-electron chi connectivity index (χ4n) is 4.77. The van der Waals surface area contributed by atoms with Gasteiger partial charge in [0.2, 0.25) is 5.91 Å². The number of rotatable bonds is 2. The van der Waals surface area contributed by atoms with Gasteiger partial charge in [0.15, 0.2) is 0 Å². The van der Waals surface area contributed by atoms with E-state index in [1.165, 1.54) is 15.9 Å². The van der Waals surface area contributed by atoms with Gasteiger partial charge in [-0.15, -0.1) is 0 Å². The van der Waals surface area contributed by atoms with Gasteiger partial charge >= 0.3 is 6.03 Å². The van der Waals surface area contributed by atoms with Crippen molar-refractivity contribution in [2.45, 2.75) is 25.8 Å². The van der Waals surface area contributed by atoms with Gasteiger partial charge in [0, 0.05) is 30.4 Å². The number of amides is 4. The summed E-state index contributed by atoms with van der Waals surface area (Å²) in [7, 11) is 0. The molecule has 0 bridgehead atoms. The third-order valence-electron chi connectivity index (χ3n) is 6.58. The first-order chi connectivity index (χ1) is 17.3. The number of urea groups is 1. The lowest BCUT2D eigenvalue weighted by Crippen LogP contribution is -2.72. The van der Waals surface area contributed by atoms with Crippen LogP contribution in [0.15, 0.2) is 67.0 Å². The Balaban J connectivity index is 1.45. The molecule has 3 heterocycles. The monoisotopic (exact) mass is 482 g/mol. The van der Waals surface area contributed by atoms with Crippen molar-refractivity contribution in [3.8, 4) is 11.8 Å². The number of pyridine rings is 1. The van der Waals surface area contributed by atoms with Gasteiger partial charge in [0.25, 0.3) is 5.91 Å². The van der Waals surface area contributed by atoms with Crippen molar-refractivity contribution in [3.05, 3.63) is 89.5 Å². The molecule has 0 aliphatic carbocycles. The maximum absolute atomic E-state index is 15.3. The summed E-state index contributed by atoms with van der Waals surface area (Å²) in [6.07, 6.45) is 2.91. The average molecular weight is 483 g/mol. The minimum atomic E-state index is -1.37. The molecule has 0 spiro atoms. The number of fused-ring (bicyclic) bond motifs is 1. The van der Waals surface area contributed by atoms with Crippen LogP contribution in [0.4, 0.5) is 20.6 Å². The number of anilines is 2. The summed E-state index contributed by atoms with van der Waals surface area (Å²) >= 11 is 0. The molecule has 0 radical (unpaired) electrons. The first kappa shape index (κ1) is 23.2. The third-order valence-corrected chi connectivity index (χ3v) is 6.58. The van der Waals surface area contributed by atoms with Crippen molar-refractivity contribution in [2.24, 2.45) is 0 Å². The Hall–Kier alpha value is -4.51. The quantitative estimate of drug-likeness (QED) is 0.520. The van der Waals surface area contributed by atoms with Crippen molar-refractivity contribution in [1.29, 1.82) is 0 Å². The summed E-state index contributed by atoms with van der Waals surface area (Å²) in [6, 6.07) is 14.9. The number of imide groups is 1. The lowest BCUT2D eigenvalue weighted by atomic mass is 9.87. The van der Waals surface area contributed by atoms with Gasteiger partial charge in [-0.1, -0.05) is 30.0 Å². The molecule has 1 unspecified atom stereocenters. The van der Waals surface area contributed by atoms with Gasteiger partial charge in [-0.2, -0.15) is 0 Å². The molecule has 2 aromatic carbocycles. The molecule has 0 saturated carbocycles. The second-order valence-electron chi connectivity index (χ2n) is 9.02. The molecular formula is C28H23FN4O3. The molecule has 5 rings (SSSR count). The van der Waals surface area contributed by atoms with Crippen molar-refractivity contribution in [3.63, 3.8) is 0 Å². The Morgan fingerprint density at radius 3 is 2.42 bits per heavy atom. The SMILES string of the molecule is Cc1cc(C#Cc2ccccc2)cc(F)c1N1C(=O)CC2(C)C(=O)N(c3cccnc3)CCN2C1=O. The summed E-state index contributed by atoms with van der Waals surface area (Å²) in [6.45, 7) is 3.65. The highest BCUT2D eigenvalue weighted by Crippen LogP contribution is 2.38. The smallest absolute Gasteiger partial charge is 0.307 e. The van der Waals surface area contributed by atoms with Gasteiger partial charge in [-0.05, 0) is 55.8 Å². The zero-order valence-corrected chi connectivity index (χ0v) is 19.9. The summed E-state index contributed by atoms with van der Waals surface area (Å²) in [5.74, 6) is 4.18. The summed E-state index contributed by atoms with van der Waals surface area (Å²) in [4.78, 5) is 48.0. The predicted octanol–water partition coefficient (Wildman–Crippen LogP) is 3.89. The van der Waals surface area contributed by atoms with Crippen molar-refractivity contribution in [2.75, 3.05) is 22.9 Å². The van der Waals surface area contributed by atoms with E-state index in [0.29, 0.717) is 16.8 Å². The molecule has 8 heteroatoms. The van der Waals surface area contributed by atoms with Crippen LogP contribution in [0.5, 0.6) is 0 Å². The second-order valence-corrected chi connectivity index (χ2v) is 9.02. The van der Waals surface area contributed by atoms with Crippen LogP contribution in [0, 0.1) is 24.6 Å². The number of hydrogen-bond acceptors (Lipinski definition) is 4. The van der Waals surface area contributed by atoms with Gasteiger partial charge in [-0.3, -0.25) is 14.6 Å². The molecule has 36 heavy (non-hydrogen) atoms. The summed E-state index contributed by atoms with van der Waals surface area (Å²) in [5.41, 5.74) is 0.733. The number of aromatic nitrogens is 1. The molecule has 7 nitrogen and oxygen atoms in total. The van der Waals surface area contributed by atoms with E-state index >= 15 is 4.39 Å². The van der Waals surface area contributed by atoms with Crippen LogP contribution in [0.3, 0.4) is 0 Å². The average Bonchev–Trinajstić information content (AvgIpc) is 2.86. The molecule has 0 N–H and O–H groups in total. The van der Waals surface area contributed by atoms with Gasteiger partial charge in [0.05, 0.1) is 24.0 Å². The standard InChI is InChI=1S/C28H23FN4O3/c1-19-15-21(11-10-20-7-4-3-5-8-20)16-23(29)25(19)33-24(34)17-28(2)26(35)31(13-14-32(28)27(33)36)22-9-6-12-30-18-22/h3-9,12,15-16,18H,13-14,17H2,1-2H3. The maximum atomic E-state index is 15.3. The highest BCUT2D eigenvalue weighted by molar-refractivity contribution is 6.21. The fourth-order valence-corrected chi connectivity index (χ4v) is 4.77. The van der Waals surface area contributed by atoms with E-state index in [0.717, 1.165) is 10.5 Å². The second kappa shape index (κ2) is 8.93. The number of hydrogen-bond donors (Lipinski definition) is 0. The van der Waals surface area contributed by atoms with Crippen LogP contribution in [-0.2, 0) is 9.59 Å². The molecule has 4 amide bonds. The van der Waals surface area contributed by atoms with Crippen molar-refractivity contribution >= 4 is 29.2 Å². The molecule has 2 fully saturated rings. The number of nitrogens with zero attached hydrogens (tertiary/aromatic N) is 4. The summed E-state index contributed by atoms with van der Waals surface area (Å²) in [5, 5.41) is 0. The molecule has 2 aliphatic heterocycles. The van der Waals surface area contributed by atoms with Crippen molar-refractivity contribution < 1.29 is 18.8 Å². The summed E-state index contributed by atoms with van der Waals surface area (Å²) < 4.78 is 15.3. The molecule has 2 saturated heterocycles. The molecule has 3 aromatic rings.